The summed E-state index contributed by atoms with van der Waals surface area (Å²) >= 11 is 0. The molecule has 5 heteroatoms. The van der Waals surface area contributed by atoms with Gasteiger partial charge < -0.3 is 15.1 Å². The minimum Gasteiger partial charge on any atom is -0.355 e. The van der Waals surface area contributed by atoms with Gasteiger partial charge in [-0.2, -0.15) is 0 Å². The lowest BCUT2D eigenvalue weighted by Crippen LogP contribution is -2.44. The highest BCUT2D eigenvalue weighted by Crippen LogP contribution is 2.18. The maximum atomic E-state index is 4.43. The van der Waals surface area contributed by atoms with Gasteiger partial charge in [0.2, 0.25) is 0 Å². The molecule has 3 rings (SSSR count). The lowest BCUT2D eigenvalue weighted by Gasteiger charge is -2.28. The molecule has 19 heavy (non-hydrogen) atoms. The molecule has 0 amide bonds. The predicted octanol–water partition coefficient (Wildman–Crippen LogP) is 1.27. The molecule has 5 nitrogen and oxygen atoms in total. The van der Waals surface area contributed by atoms with E-state index in [9.17, 15) is 0 Å². The molecule has 0 bridgehead atoms. The molecular formula is C14H23N5. The van der Waals surface area contributed by atoms with E-state index in [2.05, 4.69) is 37.4 Å². The molecule has 0 aliphatic carbocycles. The Kier molecular flexibility index (Phi) is 4.13. The Bertz CT molecular complexity index is 377. The molecule has 2 aliphatic heterocycles. The summed E-state index contributed by atoms with van der Waals surface area (Å²) < 4.78 is 0. The Morgan fingerprint density at radius 3 is 1.79 bits per heavy atom. The van der Waals surface area contributed by atoms with Crippen molar-refractivity contribution in [1.82, 2.24) is 15.5 Å². The molecule has 0 saturated carbocycles. The fourth-order valence-electron chi connectivity index (χ4n) is 2.85. The van der Waals surface area contributed by atoms with Crippen LogP contribution in [0.4, 0.5) is 11.6 Å². The summed E-state index contributed by atoms with van der Waals surface area (Å²) in [7, 11) is 0. The van der Waals surface area contributed by atoms with Gasteiger partial charge >= 0.3 is 0 Å². The van der Waals surface area contributed by atoms with Crippen molar-refractivity contribution in [2.75, 3.05) is 49.1 Å². The van der Waals surface area contributed by atoms with Gasteiger partial charge in [-0.1, -0.05) is 12.8 Å². The van der Waals surface area contributed by atoms with Gasteiger partial charge in [0.05, 0.1) is 0 Å². The highest BCUT2D eigenvalue weighted by atomic mass is 15.3. The molecule has 2 fully saturated rings. The predicted molar refractivity (Wildman–Crippen MR) is 77.8 cm³/mol. The van der Waals surface area contributed by atoms with E-state index in [1.807, 2.05) is 0 Å². The molecule has 0 unspecified atom stereocenters. The van der Waals surface area contributed by atoms with Gasteiger partial charge in [0, 0.05) is 39.3 Å². The van der Waals surface area contributed by atoms with Gasteiger partial charge in [0.1, 0.15) is 0 Å². The molecule has 1 N–H and O–H groups in total. The van der Waals surface area contributed by atoms with Crippen LogP contribution in [-0.2, 0) is 0 Å². The number of rotatable bonds is 2. The van der Waals surface area contributed by atoms with E-state index in [-0.39, 0.29) is 0 Å². The zero-order valence-corrected chi connectivity index (χ0v) is 11.5. The van der Waals surface area contributed by atoms with Crippen LogP contribution in [0.3, 0.4) is 0 Å². The average molecular weight is 261 g/mol. The largest absolute Gasteiger partial charge is 0.355 e. The van der Waals surface area contributed by atoms with E-state index in [1.165, 1.54) is 25.7 Å². The van der Waals surface area contributed by atoms with E-state index >= 15 is 0 Å². The van der Waals surface area contributed by atoms with E-state index in [0.29, 0.717) is 0 Å². The summed E-state index contributed by atoms with van der Waals surface area (Å²) in [5.41, 5.74) is 0. The van der Waals surface area contributed by atoms with Crippen molar-refractivity contribution in [2.45, 2.75) is 25.7 Å². The van der Waals surface area contributed by atoms with E-state index < -0.39 is 0 Å². The lowest BCUT2D eigenvalue weighted by atomic mass is 10.2. The van der Waals surface area contributed by atoms with Crippen molar-refractivity contribution in [3.63, 3.8) is 0 Å². The van der Waals surface area contributed by atoms with Crippen LogP contribution in [0.2, 0.25) is 0 Å². The summed E-state index contributed by atoms with van der Waals surface area (Å²) in [5.74, 6) is 2.06. The number of piperazine rings is 1. The number of nitrogens with one attached hydrogen (secondary N) is 1. The second-order valence-corrected chi connectivity index (χ2v) is 5.39. The zero-order valence-electron chi connectivity index (χ0n) is 11.5. The van der Waals surface area contributed by atoms with Crippen molar-refractivity contribution in [1.29, 1.82) is 0 Å². The van der Waals surface area contributed by atoms with Gasteiger partial charge in [-0.05, 0) is 25.0 Å². The average Bonchev–Trinajstić information content (AvgIpc) is 2.77. The van der Waals surface area contributed by atoms with Gasteiger partial charge in [-0.25, -0.2) is 0 Å². The molecule has 104 valence electrons. The summed E-state index contributed by atoms with van der Waals surface area (Å²) in [6.07, 6.45) is 5.26. The molecular weight excluding hydrogens is 238 g/mol. The number of hydrogen-bond donors (Lipinski definition) is 1. The third-order valence-corrected chi connectivity index (χ3v) is 4.01. The highest BCUT2D eigenvalue weighted by molar-refractivity contribution is 5.45. The van der Waals surface area contributed by atoms with E-state index in [1.54, 1.807) is 0 Å². The Balaban J connectivity index is 1.67. The number of anilines is 2. The van der Waals surface area contributed by atoms with E-state index in [0.717, 1.165) is 50.9 Å². The molecule has 2 saturated heterocycles. The van der Waals surface area contributed by atoms with Crippen molar-refractivity contribution < 1.29 is 0 Å². The Labute approximate surface area is 115 Å². The normalized spacial score (nSPS) is 21.3. The van der Waals surface area contributed by atoms with Crippen LogP contribution in [0, 0.1) is 0 Å². The molecule has 0 spiro atoms. The zero-order chi connectivity index (χ0) is 12.9. The van der Waals surface area contributed by atoms with Crippen LogP contribution in [-0.4, -0.2) is 49.5 Å². The van der Waals surface area contributed by atoms with Crippen LogP contribution < -0.4 is 15.1 Å². The first kappa shape index (κ1) is 12.7. The third kappa shape index (κ3) is 3.15. The molecule has 0 aromatic carbocycles. The Morgan fingerprint density at radius 1 is 0.737 bits per heavy atom. The summed E-state index contributed by atoms with van der Waals surface area (Å²) in [6.45, 7) is 6.38. The van der Waals surface area contributed by atoms with Crippen molar-refractivity contribution in [3.8, 4) is 0 Å². The van der Waals surface area contributed by atoms with Crippen molar-refractivity contribution in [3.05, 3.63) is 12.1 Å². The number of hydrogen-bond acceptors (Lipinski definition) is 5. The maximum Gasteiger partial charge on any atom is 0.151 e. The van der Waals surface area contributed by atoms with Gasteiger partial charge in [0.15, 0.2) is 11.6 Å². The molecule has 1 aromatic rings. The van der Waals surface area contributed by atoms with Crippen LogP contribution in [0.5, 0.6) is 0 Å². The quantitative estimate of drug-likeness (QED) is 0.868. The number of aromatic nitrogens is 2. The standard InChI is InChI=1S/C14H23N5/c1-2-4-10-18(9-3-1)13-5-6-14(17-16-13)19-11-7-15-8-12-19/h5-6,15H,1-4,7-12H2. The molecule has 3 heterocycles. The minimum absolute atomic E-state index is 1.01. The highest BCUT2D eigenvalue weighted by Gasteiger charge is 2.14. The topological polar surface area (TPSA) is 44.3 Å². The van der Waals surface area contributed by atoms with E-state index in [4.69, 9.17) is 0 Å². The fourth-order valence-corrected chi connectivity index (χ4v) is 2.85. The smallest absolute Gasteiger partial charge is 0.151 e. The van der Waals surface area contributed by atoms with Crippen molar-refractivity contribution >= 4 is 11.6 Å². The second kappa shape index (κ2) is 6.19. The molecule has 1 aromatic heterocycles. The number of nitrogens with zero attached hydrogens (tertiary/aromatic N) is 4. The molecule has 2 aliphatic rings. The monoisotopic (exact) mass is 261 g/mol. The van der Waals surface area contributed by atoms with Gasteiger partial charge in [0.25, 0.3) is 0 Å². The van der Waals surface area contributed by atoms with Crippen LogP contribution in [0.15, 0.2) is 12.1 Å². The Hall–Kier alpha value is -1.36. The minimum atomic E-state index is 1.01. The molecule has 0 radical (unpaired) electrons. The molecule has 0 atom stereocenters. The van der Waals surface area contributed by atoms with Crippen LogP contribution >= 0.6 is 0 Å². The first-order valence-corrected chi connectivity index (χ1v) is 7.48. The third-order valence-electron chi connectivity index (χ3n) is 4.01. The second-order valence-electron chi connectivity index (χ2n) is 5.39. The van der Waals surface area contributed by atoms with Gasteiger partial charge in [-0.15, -0.1) is 10.2 Å². The first-order chi connectivity index (χ1) is 9.43. The van der Waals surface area contributed by atoms with Gasteiger partial charge in [-0.3, -0.25) is 0 Å². The summed E-state index contributed by atoms with van der Waals surface area (Å²) in [5, 5.41) is 12.2. The summed E-state index contributed by atoms with van der Waals surface area (Å²) in [6, 6.07) is 4.26. The maximum absolute atomic E-state index is 4.43. The van der Waals surface area contributed by atoms with Crippen LogP contribution in [0.1, 0.15) is 25.7 Å². The van der Waals surface area contributed by atoms with Crippen molar-refractivity contribution in [2.24, 2.45) is 0 Å². The fraction of sp³-hybridized carbons (Fsp3) is 0.714. The first-order valence-electron chi connectivity index (χ1n) is 7.48. The van der Waals surface area contributed by atoms with Crippen LogP contribution in [0.25, 0.3) is 0 Å². The lowest BCUT2D eigenvalue weighted by molar-refractivity contribution is 0.582. The SMILES string of the molecule is c1cc(N2CCNCC2)nnc1N1CCCCCC1. The Morgan fingerprint density at radius 2 is 1.26 bits per heavy atom. The summed E-state index contributed by atoms with van der Waals surface area (Å²) in [4.78, 5) is 4.68.